The Balaban J connectivity index is 2.06. The standard InChI is InChI=1S/C16H17N3/c1-2-3-10-19-12-17-11-15(19)14-8-4-6-13-7-5-9-18-16(13)14/h4,6,8,11-12,18H,5,7,9-10H2,1H3. The zero-order chi connectivity index (χ0) is 13.1. The molecule has 0 unspecified atom stereocenters. The zero-order valence-corrected chi connectivity index (χ0v) is 11.1. The van der Waals surface area contributed by atoms with Crippen LogP contribution >= 0.6 is 0 Å². The van der Waals surface area contributed by atoms with Crippen LogP contribution in [0.1, 0.15) is 18.9 Å². The lowest BCUT2D eigenvalue weighted by atomic mass is 9.98. The van der Waals surface area contributed by atoms with Gasteiger partial charge in [-0.05, 0) is 25.3 Å². The molecule has 2 aromatic rings. The average molecular weight is 251 g/mol. The van der Waals surface area contributed by atoms with E-state index in [9.17, 15) is 0 Å². The van der Waals surface area contributed by atoms with Crippen molar-refractivity contribution in [1.82, 2.24) is 9.55 Å². The highest BCUT2D eigenvalue weighted by Crippen LogP contribution is 2.33. The molecular formula is C16H17N3. The number of aromatic nitrogens is 2. The van der Waals surface area contributed by atoms with Crippen molar-refractivity contribution in [3.63, 3.8) is 0 Å². The Morgan fingerprint density at radius 3 is 3.26 bits per heavy atom. The maximum Gasteiger partial charge on any atom is 0.0959 e. The van der Waals surface area contributed by atoms with E-state index in [0.717, 1.165) is 18.7 Å². The van der Waals surface area contributed by atoms with E-state index >= 15 is 0 Å². The molecule has 0 bridgehead atoms. The number of para-hydroxylation sites is 1. The molecule has 1 aromatic heterocycles. The van der Waals surface area contributed by atoms with E-state index < -0.39 is 0 Å². The van der Waals surface area contributed by atoms with Crippen molar-refractivity contribution in [1.29, 1.82) is 0 Å². The van der Waals surface area contributed by atoms with Crippen LogP contribution in [-0.2, 0) is 13.0 Å². The van der Waals surface area contributed by atoms with Crippen LogP contribution in [0.3, 0.4) is 0 Å². The summed E-state index contributed by atoms with van der Waals surface area (Å²) in [6, 6.07) is 6.49. The summed E-state index contributed by atoms with van der Waals surface area (Å²) < 4.78 is 2.10. The number of anilines is 1. The second kappa shape index (κ2) is 5.19. The van der Waals surface area contributed by atoms with Gasteiger partial charge in [0.05, 0.1) is 24.8 Å². The van der Waals surface area contributed by atoms with Crippen molar-refractivity contribution >= 4 is 5.69 Å². The lowest BCUT2D eigenvalue weighted by Gasteiger charge is -2.21. The molecule has 0 amide bonds. The average Bonchev–Trinajstić information content (AvgIpc) is 2.92. The quantitative estimate of drug-likeness (QED) is 0.832. The van der Waals surface area contributed by atoms with Crippen molar-refractivity contribution in [2.24, 2.45) is 0 Å². The monoisotopic (exact) mass is 251 g/mol. The highest BCUT2D eigenvalue weighted by Gasteiger charge is 2.15. The number of aryl methyl sites for hydroxylation is 1. The molecule has 1 aromatic carbocycles. The summed E-state index contributed by atoms with van der Waals surface area (Å²) in [7, 11) is 0. The van der Waals surface area contributed by atoms with Gasteiger partial charge in [-0.3, -0.25) is 0 Å². The molecule has 1 aliphatic rings. The van der Waals surface area contributed by atoms with Crippen molar-refractivity contribution < 1.29 is 0 Å². The first-order valence-electron chi connectivity index (χ1n) is 6.66. The molecule has 0 saturated heterocycles. The molecule has 19 heavy (non-hydrogen) atoms. The van der Waals surface area contributed by atoms with E-state index in [1.807, 2.05) is 19.4 Å². The van der Waals surface area contributed by atoms with Crippen LogP contribution in [-0.4, -0.2) is 16.1 Å². The maximum absolute atomic E-state index is 4.27. The lowest BCUT2D eigenvalue weighted by Crippen LogP contribution is -2.13. The first-order valence-corrected chi connectivity index (χ1v) is 6.66. The van der Waals surface area contributed by atoms with E-state index in [-0.39, 0.29) is 0 Å². The fraction of sp³-hybridized carbons (Fsp3) is 0.312. The predicted molar refractivity (Wildman–Crippen MR) is 77.9 cm³/mol. The molecule has 0 atom stereocenters. The summed E-state index contributed by atoms with van der Waals surface area (Å²) in [5.74, 6) is 6.03. The SMILES string of the molecule is CC#CCn1cncc1-c1cccc2c1NCCC2. The molecular weight excluding hydrogens is 234 g/mol. The summed E-state index contributed by atoms with van der Waals surface area (Å²) in [4.78, 5) is 4.27. The lowest BCUT2D eigenvalue weighted by molar-refractivity contribution is 0.825. The van der Waals surface area contributed by atoms with Gasteiger partial charge in [-0.15, -0.1) is 5.92 Å². The normalized spacial score (nSPS) is 13.1. The molecule has 3 rings (SSSR count). The van der Waals surface area contributed by atoms with E-state index in [0.29, 0.717) is 6.54 Å². The summed E-state index contributed by atoms with van der Waals surface area (Å²) in [5, 5.41) is 3.53. The molecule has 0 saturated carbocycles. The summed E-state index contributed by atoms with van der Waals surface area (Å²) in [6.07, 6.45) is 6.13. The molecule has 3 nitrogen and oxygen atoms in total. The van der Waals surface area contributed by atoms with Gasteiger partial charge in [0, 0.05) is 17.8 Å². The van der Waals surface area contributed by atoms with E-state index in [4.69, 9.17) is 0 Å². The fourth-order valence-electron chi connectivity index (χ4n) is 2.56. The highest BCUT2D eigenvalue weighted by molar-refractivity contribution is 5.79. The fourth-order valence-corrected chi connectivity index (χ4v) is 2.56. The van der Waals surface area contributed by atoms with Gasteiger partial charge in [-0.1, -0.05) is 24.1 Å². The van der Waals surface area contributed by atoms with Crippen LogP contribution in [0.15, 0.2) is 30.7 Å². The number of fused-ring (bicyclic) bond motifs is 1. The Morgan fingerprint density at radius 2 is 2.37 bits per heavy atom. The second-order valence-corrected chi connectivity index (χ2v) is 4.70. The molecule has 2 heterocycles. The number of hydrogen-bond donors (Lipinski definition) is 1. The van der Waals surface area contributed by atoms with Gasteiger partial charge in [0.1, 0.15) is 0 Å². The van der Waals surface area contributed by atoms with Gasteiger partial charge < -0.3 is 9.88 Å². The largest absolute Gasteiger partial charge is 0.384 e. The Hall–Kier alpha value is -2.21. The Kier molecular flexibility index (Phi) is 3.24. The molecule has 0 radical (unpaired) electrons. The minimum Gasteiger partial charge on any atom is -0.384 e. The third-order valence-electron chi connectivity index (χ3n) is 3.49. The van der Waals surface area contributed by atoms with Crippen LogP contribution in [0, 0.1) is 11.8 Å². The minimum atomic E-state index is 0.690. The van der Waals surface area contributed by atoms with Gasteiger partial charge in [0.2, 0.25) is 0 Å². The third kappa shape index (κ3) is 2.22. The van der Waals surface area contributed by atoms with E-state index in [1.165, 1.54) is 23.2 Å². The predicted octanol–water partition coefficient (Wildman–Crippen LogP) is 2.93. The molecule has 3 heteroatoms. The first-order chi connectivity index (χ1) is 9.40. The third-order valence-corrected chi connectivity index (χ3v) is 3.49. The topological polar surface area (TPSA) is 29.9 Å². The maximum atomic E-state index is 4.27. The Morgan fingerprint density at radius 1 is 1.42 bits per heavy atom. The summed E-state index contributed by atoms with van der Waals surface area (Å²) in [5.41, 5.74) is 5.03. The van der Waals surface area contributed by atoms with E-state index in [2.05, 4.69) is 44.9 Å². The number of imidazole rings is 1. The van der Waals surface area contributed by atoms with Crippen molar-refractivity contribution in [3.8, 4) is 23.1 Å². The highest BCUT2D eigenvalue weighted by atomic mass is 15.0. The first kappa shape index (κ1) is 11.9. The Bertz CT molecular complexity index is 643. The van der Waals surface area contributed by atoms with Gasteiger partial charge in [-0.25, -0.2) is 4.98 Å². The van der Waals surface area contributed by atoms with Gasteiger partial charge in [0.15, 0.2) is 0 Å². The molecule has 0 aliphatic carbocycles. The molecule has 0 spiro atoms. The Labute approximate surface area is 113 Å². The van der Waals surface area contributed by atoms with E-state index in [1.54, 1.807) is 0 Å². The van der Waals surface area contributed by atoms with Gasteiger partial charge in [-0.2, -0.15) is 0 Å². The number of rotatable bonds is 2. The van der Waals surface area contributed by atoms with Crippen LogP contribution in [0.25, 0.3) is 11.3 Å². The molecule has 1 N–H and O–H groups in total. The van der Waals surface area contributed by atoms with Crippen LogP contribution in [0.2, 0.25) is 0 Å². The van der Waals surface area contributed by atoms with Crippen LogP contribution in [0.4, 0.5) is 5.69 Å². The van der Waals surface area contributed by atoms with Crippen molar-refractivity contribution in [3.05, 3.63) is 36.3 Å². The number of nitrogens with one attached hydrogen (secondary N) is 1. The minimum absolute atomic E-state index is 0.690. The molecule has 96 valence electrons. The van der Waals surface area contributed by atoms with Crippen LogP contribution in [0.5, 0.6) is 0 Å². The zero-order valence-electron chi connectivity index (χ0n) is 11.1. The second-order valence-electron chi connectivity index (χ2n) is 4.70. The number of nitrogens with zero attached hydrogens (tertiary/aromatic N) is 2. The summed E-state index contributed by atoms with van der Waals surface area (Å²) >= 11 is 0. The molecule has 1 aliphatic heterocycles. The smallest absolute Gasteiger partial charge is 0.0959 e. The van der Waals surface area contributed by atoms with Crippen LogP contribution < -0.4 is 5.32 Å². The summed E-state index contributed by atoms with van der Waals surface area (Å²) in [6.45, 7) is 3.60. The molecule has 0 fully saturated rings. The number of benzene rings is 1. The number of hydrogen-bond acceptors (Lipinski definition) is 2. The van der Waals surface area contributed by atoms with Gasteiger partial charge >= 0.3 is 0 Å². The van der Waals surface area contributed by atoms with Crippen molar-refractivity contribution in [2.45, 2.75) is 26.3 Å². The van der Waals surface area contributed by atoms with Crippen molar-refractivity contribution in [2.75, 3.05) is 11.9 Å². The van der Waals surface area contributed by atoms with Gasteiger partial charge in [0.25, 0.3) is 0 Å².